The topological polar surface area (TPSA) is 113 Å². The van der Waals surface area contributed by atoms with Crippen LogP contribution in [0.1, 0.15) is 62.5 Å². The third kappa shape index (κ3) is 20.6. The van der Waals surface area contributed by atoms with E-state index in [0.29, 0.717) is 12.8 Å². The quantitative estimate of drug-likeness (QED) is 0.434. The molecule has 0 aliphatic rings. The fourth-order valence-electron chi connectivity index (χ4n) is 2.95. The van der Waals surface area contributed by atoms with Crippen molar-refractivity contribution >= 4 is 11.9 Å². The zero-order valence-corrected chi connectivity index (χ0v) is 19.6. The first kappa shape index (κ1) is 29.3. The number of hydrogen-bond donors (Lipinski definition) is 2. The van der Waals surface area contributed by atoms with Gasteiger partial charge in [-0.2, -0.15) is 0 Å². The van der Waals surface area contributed by atoms with Crippen molar-refractivity contribution in [3.8, 4) is 0 Å². The molecule has 0 aliphatic heterocycles. The molecule has 0 aliphatic carbocycles. The Hall–Kier alpha value is -2.70. The van der Waals surface area contributed by atoms with E-state index in [9.17, 15) is 19.8 Å². The van der Waals surface area contributed by atoms with Crippen LogP contribution in [0.3, 0.4) is 0 Å². The molecule has 0 spiro atoms. The normalized spacial score (nSPS) is 9.69. The Morgan fingerprint density at radius 1 is 0.594 bits per heavy atom. The summed E-state index contributed by atoms with van der Waals surface area (Å²) < 4.78 is 0. The third-order valence-electron chi connectivity index (χ3n) is 4.58. The van der Waals surface area contributed by atoms with Gasteiger partial charge >= 0.3 is 0 Å². The highest BCUT2D eigenvalue weighted by molar-refractivity contribution is 5.64. The van der Waals surface area contributed by atoms with Crippen molar-refractivity contribution in [2.45, 2.75) is 64.5 Å². The van der Waals surface area contributed by atoms with Gasteiger partial charge in [-0.05, 0) is 25.7 Å². The first-order valence-electron chi connectivity index (χ1n) is 11.5. The van der Waals surface area contributed by atoms with E-state index in [1.165, 1.54) is 11.1 Å². The van der Waals surface area contributed by atoms with Gasteiger partial charge in [0.25, 0.3) is 0 Å². The first-order valence-corrected chi connectivity index (χ1v) is 11.5. The summed E-state index contributed by atoms with van der Waals surface area (Å²) in [6.45, 7) is 2.17. The lowest BCUT2D eigenvalue weighted by Gasteiger charge is -2.03. The van der Waals surface area contributed by atoms with Crippen molar-refractivity contribution in [1.29, 1.82) is 0 Å². The number of quaternary nitrogens is 2. The summed E-state index contributed by atoms with van der Waals surface area (Å²) in [5.74, 6) is -2.00. The van der Waals surface area contributed by atoms with Crippen LogP contribution >= 0.6 is 0 Å². The molecule has 0 radical (unpaired) electrons. The molecular formula is C26H40N2O4. The molecule has 178 valence electrons. The van der Waals surface area contributed by atoms with E-state index >= 15 is 0 Å². The molecule has 0 amide bonds. The minimum absolute atomic E-state index is 0.124. The molecule has 2 aromatic rings. The number of unbranched alkanes of at least 4 members (excludes halogenated alkanes) is 5. The van der Waals surface area contributed by atoms with Crippen LogP contribution in [0.15, 0.2) is 60.7 Å². The van der Waals surface area contributed by atoms with E-state index in [2.05, 4.69) is 73.3 Å². The summed E-state index contributed by atoms with van der Waals surface area (Å²) in [6.07, 6.45) is 5.23. The molecule has 0 bridgehead atoms. The second-order valence-electron chi connectivity index (χ2n) is 7.56. The molecular weight excluding hydrogens is 404 g/mol. The summed E-state index contributed by atoms with van der Waals surface area (Å²) in [4.78, 5) is 20.1. The highest BCUT2D eigenvalue weighted by Gasteiger charge is 1.92. The van der Waals surface area contributed by atoms with Crippen molar-refractivity contribution in [2.75, 3.05) is 14.1 Å². The molecule has 0 saturated carbocycles. The Labute approximate surface area is 193 Å². The predicted octanol–water partition coefficient (Wildman–Crippen LogP) is 0.367. The largest absolute Gasteiger partial charge is 0.550 e. The van der Waals surface area contributed by atoms with E-state index < -0.39 is 11.9 Å². The Kier molecular flexibility index (Phi) is 19.7. The fourth-order valence-corrected chi connectivity index (χ4v) is 2.95. The molecule has 0 unspecified atom stereocenters. The molecule has 0 fully saturated rings. The Balaban J connectivity index is 0.000000466. The van der Waals surface area contributed by atoms with Gasteiger partial charge in [0.2, 0.25) is 0 Å². The molecule has 0 saturated heterocycles. The molecule has 2 aromatic carbocycles. The van der Waals surface area contributed by atoms with Gasteiger partial charge in [-0.25, -0.2) is 0 Å². The van der Waals surface area contributed by atoms with Crippen LogP contribution in [-0.2, 0) is 22.7 Å². The van der Waals surface area contributed by atoms with Crippen molar-refractivity contribution < 1.29 is 30.4 Å². The number of aliphatic carboxylic acids is 2. The van der Waals surface area contributed by atoms with E-state index in [0.717, 1.165) is 38.8 Å². The van der Waals surface area contributed by atoms with Crippen LogP contribution in [0.25, 0.3) is 0 Å². The smallest absolute Gasteiger partial charge is 0.101 e. The highest BCUT2D eigenvalue weighted by Crippen LogP contribution is 2.07. The fraction of sp³-hybridized carbons (Fsp3) is 0.462. The molecule has 0 aromatic heterocycles. The number of nitrogens with two attached hydrogens (primary N) is 2. The first-order chi connectivity index (χ1) is 15.5. The second-order valence-corrected chi connectivity index (χ2v) is 7.56. The lowest BCUT2D eigenvalue weighted by molar-refractivity contribution is -0.643. The lowest BCUT2D eigenvalue weighted by Crippen LogP contribution is -2.77. The van der Waals surface area contributed by atoms with Gasteiger partial charge in [-0.3, -0.25) is 0 Å². The van der Waals surface area contributed by atoms with Gasteiger partial charge in [0.05, 0.1) is 14.1 Å². The molecule has 32 heavy (non-hydrogen) atoms. The number of rotatable bonds is 13. The van der Waals surface area contributed by atoms with Gasteiger partial charge < -0.3 is 30.4 Å². The molecule has 0 heterocycles. The predicted molar refractivity (Wildman–Crippen MR) is 123 cm³/mol. The zero-order valence-electron chi connectivity index (χ0n) is 19.6. The number of benzene rings is 2. The van der Waals surface area contributed by atoms with E-state index in [4.69, 9.17) is 0 Å². The van der Waals surface area contributed by atoms with Crippen LogP contribution in [0.2, 0.25) is 0 Å². The van der Waals surface area contributed by atoms with Gasteiger partial charge in [-0.15, -0.1) is 0 Å². The maximum Gasteiger partial charge on any atom is 0.101 e. The average molecular weight is 445 g/mol. The van der Waals surface area contributed by atoms with Crippen LogP contribution < -0.4 is 20.8 Å². The van der Waals surface area contributed by atoms with Crippen LogP contribution in [0.5, 0.6) is 0 Å². The highest BCUT2D eigenvalue weighted by atomic mass is 16.4. The minimum Gasteiger partial charge on any atom is -0.550 e. The summed E-state index contributed by atoms with van der Waals surface area (Å²) in [7, 11) is 4.15. The van der Waals surface area contributed by atoms with Gasteiger partial charge in [0.15, 0.2) is 0 Å². The SMILES string of the molecule is C[NH2+]Cc1ccccc1.C[NH2+]Cc1ccccc1.O=C([O-])CCCCCCCCC(=O)[O-]. The Bertz CT molecular complexity index is 632. The van der Waals surface area contributed by atoms with Crippen molar-refractivity contribution in [3.05, 3.63) is 71.8 Å². The molecule has 0 atom stereocenters. The van der Waals surface area contributed by atoms with Gasteiger partial charge in [0.1, 0.15) is 13.1 Å². The maximum absolute atomic E-state index is 10.0. The van der Waals surface area contributed by atoms with E-state index in [1.807, 2.05) is 12.1 Å². The summed E-state index contributed by atoms with van der Waals surface area (Å²) >= 11 is 0. The average Bonchev–Trinajstić information content (AvgIpc) is 2.78. The zero-order chi connectivity index (χ0) is 23.9. The minimum atomic E-state index is -0.998. The van der Waals surface area contributed by atoms with Crippen molar-refractivity contribution in [1.82, 2.24) is 0 Å². The third-order valence-corrected chi connectivity index (χ3v) is 4.58. The maximum atomic E-state index is 10.0. The second kappa shape index (κ2) is 21.5. The molecule has 4 N–H and O–H groups in total. The number of carboxylic acids is 2. The van der Waals surface area contributed by atoms with Crippen LogP contribution in [0.4, 0.5) is 0 Å². The molecule has 2 rings (SSSR count). The molecule has 6 heteroatoms. The number of carbonyl (C=O) groups excluding carboxylic acids is 2. The summed E-state index contributed by atoms with van der Waals surface area (Å²) in [6, 6.07) is 20.9. The number of hydrogen-bond acceptors (Lipinski definition) is 4. The Morgan fingerprint density at radius 3 is 1.19 bits per heavy atom. The lowest BCUT2D eigenvalue weighted by atomic mass is 10.1. The van der Waals surface area contributed by atoms with E-state index in [-0.39, 0.29) is 12.8 Å². The summed E-state index contributed by atoms with van der Waals surface area (Å²) in [5.41, 5.74) is 2.78. The van der Waals surface area contributed by atoms with E-state index in [1.54, 1.807) is 0 Å². The Morgan fingerprint density at radius 2 is 0.906 bits per heavy atom. The van der Waals surface area contributed by atoms with Crippen LogP contribution in [-0.4, -0.2) is 26.0 Å². The summed E-state index contributed by atoms with van der Waals surface area (Å²) in [5, 5.41) is 24.4. The van der Waals surface area contributed by atoms with Crippen LogP contribution in [0, 0.1) is 0 Å². The van der Waals surface area contributed by atoms with Gasteiger partial charge in [0, 0.05) is 23.1 Å². The number of carboxylic acid groups (broad SMARTS) is 2. The van der Waals surface area contributed by atoms with Crippen molar-refractivity contribution in [3.63, 3.8) is 0 Å². The monoisotopic (exact) mass is 444 g/mol. The molecule has 6 nitrogen and oxygen atoms in total. The number of carbonyl (C=O) groups is 2. The standard InChI is InChI=1S/C10H18O4.2C8H11N/c11-9(12)7-5-3-1-2-4-6-8-10(13)14;2*1-9-7-8-5-3-2-4-6-8/h1-8H2,(H,11,12)(H,13,14);2*2-6,9H,7H2,1H3. The van der Waals surface area contributed by atoms with Gasteiger partial charge in [-0.1, -0.05) is 86.3 Å². The van der Waals surface area contributed by atoms with Crippen molar-refractivity contribution in [2.24, 2.45) is 0 Å².